The zero-order valence-electron chi connectivity index (χ0n) is 11.5. The highest BCUT2D eigenvalue weighted by atomic mass is 19.1. The van der Waals surface area contributed by atoms with Crippen molar-refractivity contribution in [3.63, 3.8) is 0 Å². The number of rotatable bonds is 4. The van der Waals surface area contributed by atoms with Crippen molar-refractivity contribution in [3.05, 3.63) is 52.6 Å². The highest BCUT2D eigenvalue weighted by molar-refractivity contribution is 5.25. The van der Waals surface area contributed by atoms with E-state index >= 15 is 0 Å². The maximum atomic E-state index is 12.8. The van der Waals surface area contributed by atoms with Crippen LogP contribution in [0.5, 0.6) is 0 Å². The zero-order valence-corrected chi connectivity index (χ0v) is 11.5. The SMILES string of the molecule is Cc1nn(C)c(C)c1CCC(O)c1ccc(F)cc1. The molecule has 2 aromatic rings. The molecule has 0 fully saturated rings. The third-order valence-electron chi connectivity index (χ3n) is 3.58. The second kappa shape index (κ2) is 5.53. The highest BCUT2D eigenvalue weighted by Gasteiger charge is 2.13. The van der Waals surface area contributed by atoms with Crippen molar-refractivity contribution in [1.29, 1.82) is 0 Å². The van der Waals surface area contributed by atoms with Gasteiger partial charge in [-0.25, -0.2) is 4.39 Å². The van der Waals surface area contributed by atoms with Crippen LogP contribution in [0.1, 0.15) is 35.0 Å². The fraction of sp³-hybridized carbons (Fsp3) is 0.400. The molecule has 0 aliphatic rings. The minimum atomic E-state index is -0.570. The number of hydrogen-bond acceptors (Lipinski definition) is 2. The summed E-state index contributed by atoms with van der Waals surface area (Å²) in [5.74, 6) is -0.283. The quantitative estimate of drug-likeness (QED) is 0.920. The maximum Gasteiger partial charge on any atom is 0.123 e. The van der Waals surface area contributed by atoms with E-state index in [4.69, 9.17) is 0 Å². The molecular weight excluding hydrogens is 243 g/mol. The minimum Gasteiger partial charge on any atom is -0.388 e. The number of nitrogens with zero attached hydrogens (tertiary/aromatic N) is 2. The molecule has 4 heteroatoms. The molecule has 102 valence electrons. The van der Waals surface area contributed by atoms with Crippen LogP contribution < -0.4 is 0 Å². The summed E-state index contributed by atoms with van der Waals surface area (Å²) >= 11 is 0. The molecular formula is C15H19FN2O. The molecule has 1 aromatic carbocycles. The lowest BCUT2D eigenvalue weighted by Crippen LogP contribution is -2.01. The fourth-order valence-corrected chi connectivity index (χ4v) is 2.31. The third-order valence-corrected chi connectivity index (χ3v) is 3.58. The predicted molar refractivity (Wildman–Crippen MR) is 72.4 cm³/mol. The van der Waals surface area contributed by atoms with Crippen LogP contribution in [0.2, 0.25) is 0 Å². The first-order valence-corrected chi connectivity index (χ1v) is 6.41. The van der Waals surface area contributed by atoms with Crippen LogP contribution in [0.4, 0.5) is 4.39 Å². The van der Waals surface area contributed by atoms with Crippen molar-refractivity contribution < 1.29 is 9.50 Å². The van der Waals surface area contributed by atoms with Gasteiger partial charge in [0.25, 0.3) is 0 Å². The lowest BCUT2D eigenvalue weighted by molar-refractivity contribution is 0.167. The van der Waals surface area contributed by atoms with E-state index in [0.29, 0.717) is 6.42 Å². The topological polar surface area (TPSA) is 38.0 Å². The van der Waals surface area contributed by atoms with E-state index in [-0.39, 0.29) is 5.82 Å². The average molecular weight is 262 g/mol. The summed E-state index contributed by atoms with van der Waals surface area (Å²) in [6.07, 6.45) is 0.808. The van der Waals surface area contributed by atoms with Crippen LogP contribution in [0.25, 0.3) is 0 Å². The van der Waals surface area contributed by atoms with Gasteiger partial charge in [0.05, 0.1) is 11.8 Å². The predicted octanol–water partition coefficient (Wildman–Crippen LogP) is 2.84. The molecule has 0 aliphatic carbocycles. The molecule has 1 atom stereocenters. The highest BCUT2D eigenvalue weighted by Crippen LogP contribution is 2.22. The van der Waals surface area contributed by atoms with Gasteiger partial charge < -0.3 is 5.11 Å². The molecule has 0 radical (unpaired) electrons. The Bertz CT molecular complexity index is 560. The van der Waals surface area contributed by atoms with Crippen LogP contribution >= 0.6 is 0 Å². The number of aryl methyl sites for hydroxylation is 2. The fourth-order valence-electron chi connectivity index (χ4n) is 2.31. The van der Waals surface area contributed by atoms with Crippen molar-refractivity contribution in [1.82, 2.24) is 9.78 Å². The molecule has 2 rings (SSSR count). The molecule has 0 saturated carbocycles. The lowest BCUT2D eigenvalue weighted by atomic mass is 10.0. The van der Waals surface area contributed by atoms with Gasteiger partial charge in [-0.2, -0.15) is 5.10 Å². The van der Waals surface area contributed by atoms with Gasteiger partial charge in [0.1, 0.15) is 5.82 Å². The second-order valence-corrected chi connectivity index (χ2v) is 4.88. The van der Waals surface area contributed by atoms with Crippen LogP contribution in [0, 0.1) is 19.7 Å². The Labute approximate surface area is 112 Å². The molecule has 3 nitrogen and oxygen atoms in total. The Kier molecular flexibility index (Phi) is 4.00. The molecule has 1 N–H and O–H groups in total. The van der Waals surface area contributed by atoms with Gasteiger partial charge in [-0.3, -0.25) is 4.68 Å². The molecule has 0 bridgehead atoms. The van der Waals surface area contributed by atoms with E-state index in [1.807, 2.05) is 25.6 Å². The second-order valence-electron chi connectivity index (χ2n) is 4.88. The molecule has 0 aliphatic heterocycles. The van der Waals surface area contributed by atoms with Gasteiger partial charge in [0.15, 0.2) is 0 Å². The molecule has 19 heavy (non-hydrogen) atoms. The number of aliphatic hydroxyl groups is 1. The summed E-state index contributed by atoms with van der Waals surface area (Å²) in [5.41, 5.74) is 4.07. The Morgan fingerprint density at radius 1 is 1.26 bits per heavy atom. The third kappa shape index (κ3) is 3.01. The largest absolute Gasteiger partial charge is 0.388 e. The summed E-state index contributed by atoms with van der Waals surface area (Å²) in [6, 6.07) is 6.00. The molecule has 1 unspecified atom stereocenters. The first-order valence-electron chi connectivity index (χ1n) is 6.41. The zero-order chi connectivity index (χ0) is 14.0. The molecule has 1 heterocycles. The van der Waals surface area contributed by atoms with Gasteiger partial charge in [-0.05, 0) is 49.9 Å². The molecule has 1 aromatic heterocycles. The normalized spacial score (nSPS) is 12.7. The van der Waals surface area contributed by atoms with Crippen molar-refractivity contribution in [2.75, 3.05) is 0 Å². The Balaban J connectivity index is 2.04. The van der Waals surface area contributed by atoms with Gasteiger partial charge in [0.2, 0.25) is 0 Å². The number of benzene rings is 1. The van der Waals surface area contributed by atoms with Crippen LogP contribution in [0.15, 0.2) is 24.3 Å². The molecule has 0 saturated heterocycles. The summed E-state index contributed by atoms with van der Waals surface area (Å²) in [7, 11) is 1.92. The van der Waals surface area contributed by atoms with Crippen LogP contribution in [0.3, 0.4) is 0 Å². The van der Waals surface area contributed by atoms with Crippen molar-refractivity contribution in [2.24, 2.45) is 7.05 Å². The Hall–Kier alpha value is -1.68. The average Bonchev–Trinajstić information content (AvgIpc) is 2.62. The maximum absolute atomic E-state index is 12.8. The van der Waals surface area contributed by atoms with Gasteiger partial charge in [-0.1, -0.05) is 12.1 Å². The Morgan fingerprint density at radius 2 is 1.89 bits per heavy atom. The van der Waals surface area contributed by atoms with E-state index in [1.165, 1.54) is 17.7 Å². The van der Waals surface area contributed by atoms with Gasteiger partial charge >= 0.3 is 0 Å². The molecule has 0 amide bonds. The summed E-state index contributed by atoms with van der Waals surface area (Å²) in [4.78, 5) is 0. The first kappa shape index (κ1) is 13.7. The number of hydrogen-bond donors (Lipinski definition) is 1. The number of aliphatic hydroxyl groups excluding tert-OH is 1. The minimum absolute atomic E-state index is 0.283. The van der Waals surface area contributed by atoms with Crippen LogP contribution in [-0.4, -0.2) is 14.9 Å². The van der Waals surface area contributed by atoms with E-state index in [0.717, 1.165) is 23.4 Å². The summed E-state index contributed by atoms with van der Waals surface area (Å²) < 4.78 is 14.7. The molecule has 0 spiro atoms. The monoisotopic (exact) mass is 262 g/mol. The van der Waals surface area contributed by atoms with E-state index in [9.17, 15) is 9.50 Å². The lowest BCUT2D eigenvalue weighted by Gasteiger charge is -2.11. The van der Waals surface area contributed by atoms with Gasteiger partial charge in [0, 0.05) is 12.7 Å². The van der Waals surface area contributed by atoms with E-state index in [1.54, 1.807) is 12.1 Å². The first-order chi connectivity index (χ1) is 8.99. The standard InChI is InChI=1S/C15H19FN2O/c1-10-14(11(2)18(3)17-10)8-9-15(19)12-4-6-13(16)7-5-12/h4-7,15,19H,8-9H2,1-3H3. The Morgan fingerprint density at radius 3 is 2.42 bits per heavy atom. The number of halogens is 1. The number of aromatic nitrogens is 2. The van der Waals surface area contributed by atoms with E-state index < -0.39 is 6.10 Å². The van der Waals surface area contributed by atoms with Crippen molar-refractivity contribution >= 4 is 0 Å². The summed E-state index contributed by atoms with van der Waals surface area (Å²) in [5, 5.41) is 14.5. The van der Waals surface area contributed by atoms with Crippen molar-refractivity contribution in [3.8, 4) is 0 Å². The van der Waals surface area contributed by atoms with Crippen molar-refractivity contribution in [2.45, 2.75) is 32.8 Å². The van der Waals surface area contributed by atoms with Crippen LogP contribution in [-0.2, 0) is 13.5 Å². The summed E-state index contributed by atoms with van der Waals surface area (Å²) in [6.45, 7) is 4.01. The van der Waals surface area contributed by atoms with E-state index in [2.05, 4.69) is 5.10 Å². The van der Waals surface area contributed by atoms with Gasteiger partial charge in [-0.15, -0.1) is 0 Å². The smallest absolute Gasteiger partial charge is 0.123 e.